The van der Waals surface area contributed by atoms with Crippen LogP contribution in [-0.4, -0.2) is 5.96 Å². The molecule has 0 spiro atoms. The van der Waals surface area contributed by atoms with Gasteiger partial charge in [0.1, 0.15) is 17.9 Å². The normalized spacial score (nSPS) is 11.3. The van der Waals surface area contributed by atoms with Crippen molar-refractivity contribution >= 4 is 46.6 Å². The van der Waals surface area contributed by atoms with E-state index in [-0.39, 0.29) is 24.0 Å². The second-order valence-electron chi connectivity index (χ2n) is 5.38. The molecule has 1 heterocycles. The van der Waals surface area contributed by atoms with Gasteiger partial charge >= 0.3 is 0 Å². The third-order valence-corrected chi connectivity index (χ3v) is 3.66. The van der Waals surface area contributed by atoms with E-state index in [1.165, 1.54) is 11.1 Å². The Labute approximate surface area is 152 Å². The summed E-state index contributed by atoms with van der Waals surface area (Å²) in [5, 5.41) is 4.18. The average Bonchev–Trinajstić information content (AvgIpc) is 2.92. The van der Waals surface area contributed by atoms with Gasteiger partial charge in [0.15, 0.2) is 5.96 Å². The molecule has 0 amide bonds. The van der Waals surface area contributed by atoms with Crippen LogP contribution in [-0.2, 0) is 6.54 Å². The van der Waals surface area contributed by atoms with Gasteiger partial charge in [-0.2, -0.15) is 0 Å². The van der Waals surface area contributed by atoms with Crippen LogP contribution < -0.4 is 11.1 Å². The molecule has 4 nitrogen and oxygen atoms in total. The minimum Gasteiger partial charge on any atom is -0.459 e. The first-order valence-electron chi connectivity index (χ1n) is 7.23. The fourth-order valence-electron chi connectivity index (χ4n) is 2.28. The Morgan fingerprint density at radius 2 is 1.87 bits per heavy atom. The van der Waals surface area contributed by atoms with Crippen molar-refractivity contribution in [3.63, 3.8) is 0 Å². The molecule has 0 aliphatic rings. The summed E-state index contributed by atoms with van der Waals surface area (Å²) in [4.78, 5) is 4.33. The minimum absolute atomic E-state index is 0. The predicted octanol–water partition coefficient (Wildman–Crippen LogP) is 4.59. The summed E-state index contributed by atoms with van der Waals surface area (Å²) < 4.78 is 5.71. The van der Waals surface area contributed by atoms with E-state index in [1.807, 2.05) is 36.4 Å². The van der Waals surface area contributed by atoms with Gasteiger partial charge in [0.05, 0.1) is 0 Å². The zero-order valence-electron chi connectivity index (χ0n) is 13.2. The standard InChI is InChI=1S/C18H19N3O.HI/c1-12-7-8-15(9-13(12)2)21-18(19)20-11-16-10-14-5-3-4-6-17(14)22-16;/h3-10H,11H2,1-2H3,(H3,19,20,21);1H. The number of anilines is 1. The van der Waals surface area contributed by atoms with Crippen molar-refractivity contribution in [2.45, 2.75) is 20.4 Å². The molecule has 0 saturated carbocycles. The lowest BCUT2D eigenvalue weighted by Gasteiger charge is -2.07. The fourth-order valence-corrected chi connectivity index (χ4v) is 2.28. The molecule has 2 aromatic carbocycles. The molecule has 0 radical (unpaired) electrons. The maximum Gasteiger partial charge on any atom is 0.193 e. The summed E-state index contributed by atoms with van der Waals surface area (Å²) in [5.74, 6) is 1.18. The van der Waals surface area contributed by atoms with Gasteiger partial charge in [-0.25, -0.2) is 4.99 Å². The lowest BCUT2D eigenvalue weighted by Crippen LogP contribution is -2.22. The summed E-state index contributed by atoms with van der Waals surface area (Å²) in [6.45, 7) is 4.57. The molecule has 0 unspecified atom stereocenters. The second-order valence-corrected chi connectivity index (χ2v) is 5.38. The first-order chi connectivity index (χ1) is 10.6. The smallest absolute Gasteiger partial charge is 0.193 e. The van der Waals surface area contributed by atoms with Crippen LogP contribution in [0.1, 0.15) is 16.9 Å². The van der Waals surface area contributed by atoms with E-state index in [1.54, 1.807) is 0 Å². The van der Waals surface area contributed by atoms with Gasteiger partial charge in [-0.05, 0) is 49.2 Å². The molecule has 3 rings (SSSR count). The maximum absolute atomic E-state index is 5.93. The summed E-state index contributed by atoms with van der Waals surface area (Å²) in [5.41, 5.74) is 10.2. The summed E-state index contributed by atoms with van der Waals surface area (Å²) in [7, 11) is 0. The van der Waals surface area contributed by atoms with Gasteiger partial charge in [-0.1, -0.05) is 24.3 Å². The number of aliphatic imine (C=N–C) groups is 1. The van der Waals surface area contributed by atoms with Crippen molar-refractivity contribution in [1.82, 2.24) is 0 Å². The number of nitrogens with two attached hydrogens (primary N) is 1. The van der Waals surface area contributed by atoms with Crippen LogP contribution in [0.15, 0.2) is 57.9 Å². The molecule has 0 fully saturated rings. The summed E-state index contributed by atoms with van der Waals surface area (Å²) in [6.07, 6.45) is 0. The first kappa shape index (κ1) is 17.3. The number of guanidine groups is 1. The van der Waals surface area contributed by atoms with Gasteiger partial charge in [0.25, 0.3) is 0 Å². The lowest BCUT2D eigenvalue weighted by molar-refractivity contribution is 0.553. The van der Waals surface area contributed by atoms with Crippen molar-refractivity contribution in [2.75, 3.05) is 5.32 Å². The number of benzene rings is 2. The Morgan fingerprint density at radius 3 is 2.61 bits per heavy atom. The molecular weight excluding hydrogens is 401 g/mol. The average molecular weight is 421 g/mol. The van der Waals surface area contributed by atoms with Crippen molar-refractivity contribution in [3.05, 3.63) is 65.4 Å². The van der Waals surface area contributed by atoms with Crippen molar-refractivity contribution in [2.24, 2.45) is 10.7 Å². The topological polar surface area (TPSA) is 63.5 Å². The number of furan rings is 1. The lowest BCUT2D eigenvalue weighted by atomic mass is 10.1. The molecule has 0 aliphatic heterocycles. The van der Waals surface area contributed by atoms with Gasteiger partial charge in [-0.3, -0.25) is 0 Å². The zero-order chi connectivity index (χ0) is 15.5. The van der Waals surface area contributed by atoms with Crippen LogP contribution in [0.3, 0.4) is 0 Å². The highest BCUT2D eigenvalue weighted by Crippen LogP contribution is 2.19. The molecule has 3 N–H and O–H groups in total. The summed E-state index contributed by atoms with van der Waals surface area (Å²) >= 11 is 0. The monoisotopic (exact) mass is 421 g/mol. The Balaban J connectivity index is 0.00000192. The highest BCUT2D eigenvalue weighted by Gasteiger charge is 2.03. The van der Waals surface area contributed by atoms with Gasteiger partial charge in [-0.15, -0.1) is 24.0 Å². The minimum atomic E-state index is 0. The maximum atomic E-state index is 5.93. The van der Waals surface area contributed by atoms with E-state index < -0.39 is 0 Å². The molecule has 5 heteroatoms. The highest BCUT2D eigenvalue weighted by atomic mass is 127. The van der Waals surface area contributed by atoms with E-state index in [4.69, 9.17) is 10.2 Å². The van der Waals surface area contributed by atoms with E-state index in [2.05, 4.69) is 36.3 Å². The Hall–Kier alpha value is -2.02. The summed E-state index contributed by atoms with van der Waals surface area (Å²) in [6, 6.07) is 16.0. The van der Waals surface area contributed by atoms with Crippen molar-refractivity contribution in [1.29, 1.82) is 0 Å². The molecule has 0 aliphatic carbocycles. The SMILES string of the molecule is Cc1ccc(NC(N)=NCc2cc3ccccc3o2)cc1C.I. The number of fused-ring (bicyclic) bond motifs is 1. The molecule has 3 aromatic rings. The van der Waals surface area contributed by atoms with Crippen LogP contribution >= 0.6 is 24.0 Å². The molecule has 120 valence electrons. The number of hydrogen-bond donors (Lipinski definition) is 2. The predicted molar refractivity (Wildman–Crippen MR) is 106 cm³/mol. The molecule has 1 aromatic heterocycles. The number of aryl methyl sites for hydroxylation is 2. The van der Waals surface area contributed by atoms with Gasteiger partial charge in [0, 0.05) is 11.1 Å². The number of hydrogen-bond acceptors (Lipinski definition) is 2. The van der Waals surface area contributed by atoms with Gasteiger partial charge < -0.3 is 15.5 Å². The molecule has 23 heavy (non-hydrogen) atoms. The Bertz CT molecular complexity index is 806. The van der Waals surface area contributed by atoms with E-state index in [0.717, 1.165) is 22.4 Å². The number of para-hydroxylation sites is 1. The van der Waals surface area contributed by atoms with E-state index >= 15 is 0 Å². The number of nitrogens with one attached hydrogen (secondary N) is 1. The molecule has 0 atom stereocenters. The van der Waals surface area contributed by atoms with Crippen LogP contribution in [0.5, 0.6) is 0 Å². The van der Waals surface area contributed by atoms with Crippen molar-refractivity contribution in [3.8, 4) is 0 Å². The van der Waals surface area contributed by atoms with E-state index in [0.29, 0.717) is 12.5 Å². The zero-order valence-corrected chi connectivity index (χ0v) is 15.5. The van der Waals surface area contributed by atoms with E-state index in [9.17, 15) is 0 Å². The third kappa shape index (κ3) is 4.25. The first-order valence-corrected chi connectivity index (χ1v) is 7.23. The van der Waals surface area contributed by atoms with Crippen molar-refractivity contribution < 1.29 is 4.42 Å². The largest absolute Gasteiger partial charge is 0.459 e. The van der Waals surface area contributed by atoms with Gasteiger partial charge in [0.2, 0.25) is 0 Å². The number of halogens is 1. The fraction of sp³-hybridized carbons (Fsp3) is 0.167. The van der Waals surface area contributed by atoms with Crippen LogP contribution in [0.25, 0.3) is 11.0 Å². The number of rotatable bonds is 3. The van der Waals surface area contributed by atoms with Crippen LogP contribution in [0, 0.1) is 13.8 Å². The molecule has 0 saturated heterocycles. The number of nitrogens with zero attached hydrogens (tertiary/aromatic N) is 1. The molecule has 0 bridgehead atoms. The highest BCUT2D eigenvalue weighted by molar-refractivity contribution is 14.0. The van der Waals surface area contributed by atoms with Crippen LogP contribution in [0.2, 0.25) is 0 Å². The Kier molecular flexibility index (Phi) is 5.65. The quantitative estimate of drug-likeness (QED) is 0.369. The second kappa shape index (κ2) is 7.50. The third-order valence-electron chi connectivity index (χ3n) is 3.66. The Morgan fingerprint density at radius 1 is 1.09 bits per heavy atom. The van der Waals surface area contributed by atoms with Crippen LogP contribution in [0.4, 0.5) is 5.69 Å². The molecular formula is C18H20IN3O.